The van der Waals surface area contributed by atoms with E-state index in [0.717, 1.165) is 6.42 Å². The number of nitrogens with one attached hydrogen (secondary N) is 1. The van der Waals surface area contributed by atoms with E-state index in [-0.39, 0.29) is 5.91 Å². The minimum absolute atomic E-state index is 0.136. The van der Waals surface area contributed by atoms with Gasteiger partial charge in [-0.05, 0) is 32.6 Å². The number of nitrogens with zero attached hydrogens (tertiary/aromatic N) is 1. The van der Waals surface area contributed by atoms with Crippen molar-refractivity contribution in [2.24, 2.45) is 11.3 Å². The number of rotatable bonds is 4. The Kier molecular flexibility index (Phi) is 3.15. The average molecular weight is 194 g/mol. The molecule has 3 nitrogen and oxygen atoms in total. The quantitative estimate of drug-likeness (QED) is 0.742. The van der Waals surface area contributed by atoms with Crippen LogP contribution < -0.4 is 5.32 Å². The van der Waals surface area contributed by atoms with Crippen molar-refractivity contribution >= 4 is 5.91 Å². The third-order valence-electron chi connectivity index (χ3n) is 2.75. The molecule has 1 N–H and O–H groups in total. The summed E-state index contributed by atoms with van der Waals surface area (Å²) < 4.78 is 0. The van der Waals surface area contributed by atoms with Gasteiger partial charge in [0.2, 0.25) is 5.91 Å². The van der Waals surface area contributed by atoms with Gasteiger partial charge >= 0.3 is 0 Å². The maximum atomic E-state index is 11.6. The summed E-state index contributed by atoms with van der Waals surface area (Å²) >= 11 is 0. The average Bonchev–Trinajstić information content (AvgIpc) is 2.84. The van der Waals surface area contributed by atoms with E-state index in [2.05, 4.69) is 12.2 Å². The van der Waals surface area contributed by atoms with Gasteiger partial charge in [-0.1, -0.05) is 13.3 Å². The van der Waals surface area contributed by atoms with E-state index in [1.807, 2.05) is 6.07 Å². The Hall–Kier alpha value is -1.04. The molecule has 1 saturated carbocycles. The number of amides is 1. The van der Waals surface area contributed by atoms with Crippen LogP contribution in [0.5, 0.6) is 0 Å². The van der Waals surface area contributed by atoms with E-state index in [1.165, 1.54) is 12.8 Å². The molecule has 0 heterocycles. The molecule has 0 aliphatic heterocycles. The fourth-order valence-corrected chi connectivity index (χ4v) is 1.51. The highest BCUT2D eigenvalue weighted by Gasteiger charge is 2.40. The van der Waals surface area contributed by atoms with Crippen LogP contribution in [0.1, 0.15) is 40.0 Å². The molecule has 78 valence electrons. The second-order valence-electron chi connectivity index (χ2n) is 4.60. The molecular formula is C11H18N2O. The molecule has 1 aliphatic rings. The predicted octanol–water partition coefficient (Wildman–Crippen LogP) is 1.84. The Morgan fingerprint density at radius 2 is 2.29 bits per heavy atom. The Labute approximate surface area is 85.5 Å². The monoisotopic (exact) mass is 194 g/mol. The van der Waals surface area contributed by atoms with Crippen LogP contribution in [0.2, 0.25) is 0 Å². The smallest absolute Gasteiger partial charge is 0.240 e. The van der Waals surface area contributed by atoms with Crippen LogP contribution in [-0.2, 0) is 4.79 Å². The first-order valence-electron chi connectivity index (χ1n) is 5.23. The van der Waals surface area contributed by atoms with Gasteiger partial charge in [-0.25, -0.2) is 0 Å². The van der Waals surface area contributed by atoms with E-state index in [0.29, 0.717) is 12.0 Å². The summed E-state index contributed by atoms with van der Waals surface area (Å²) in [5, 5.41) is 11.7. The van der Waals surface area contributed by atoms with Crippen molar-refractivity contribution in [2.75, 3.05) is 0 Å². The molecule has 0 aromatic rings. The zero-order valence-electron chi connectivity index (χ0n) is 9.13. The van der Waals surface area contributed by atoms with Crippen molar-refractivity contribution in [3.05, 3.63) is 0 Å². The molecule has 0 spiro atoms. The molecule has 0 aromatic heterocycles. The third kappa shape index (κ3) is 2.47. The van der Waals surface area contributed by atoms with E-state index < -0.39 is 5.41 Å². The van der Waals surface area contributed by atoms with Crippen LogP contribution in [0.15, 0.2) is 0 Å². The molecular weight excluding hydrogens is 176 g/mol. The lowest BCUT2D eigenvalue weighted by atomic mass is 9.95. The van der Waals surface area contributed by atoms with Gasteiger partial charge in [-0.2, -0.15) is 5.26 Å². The van der Waals surface area contributed by atoms with E-state index in [9.17, 15) is 4.79 Å². The first kappa shape index (κ1) is 11.0. The molecule has 14 heavy (non-hydrogen) atoms. The molecule has 3 heteroatoms. The van der Waals surface area contributed by atoms with E-state index in [1.54, 1.807) is 13.8 Å². The molecule has 0 aromatic carbocycles. The van der Waals surface area contributed by atoms with Gasteiger partial charge in [0.25, 0.3) is 0 Å². The Bertz CT molecular complexity index is 265. The number of carbonyl (C=O) groups excluding carboxylic acids is 1. The summed E-state index contributed by atoms with van der Waals surface area (Å²) in [7, 11) is 0. The Morgan fingerprint density at radius 3 is 2.79 bits per heavy atom. The zero-order chi connectivity index (χ0) is 10.8. The van der Waals surface area contributed by atoms with E-state index in [4.69, 9.17) is 5.26 Å². The van der Waals surface area contributed by atoms with Crippen LogP contribution in [0, 0.1) is 22.7 Å². The van der Waals surface area contributed by atoms with Crippen molar-refractivity contribution in [1.82, 2.24) is 5.32 Å². The molecule has 2 atom stereocenters. The van der Waals surface area contributed by atoms with Gasteiger partial charge in [0.15, 0.2) is 0 Å². The van der Waals surface area contributed by atoms with Crippen molar-refractivity contribution in [3.63, 3.8) is 0 Å². The highest BCUT2D eigenvalue weighted by atomic mass is 16.2. The number of nitriles is 1. The normalized spacial score (nSPS) is 25.3. The molecule has 1 rings (SSSR count). The zero-order valence-corrected chi connectivity index (χ0v) is 9.13. The molecule has 2 unspecified atom stereocenters. The standard InChI is InChI=1S/C11H18N2O/c1-4-5-8-6-9(8)13-10(14)11(2,3)7-12/h8-9H,4-6H2,1-3H3,(H,13,14). The highest BCUT2D eigenvalue weighted by molar-refractivity contribution is 5.85. The van der Waals surface area contributed by atoms with Gasteiger partial charge in [-0.3, -0.25) is 4.79 Å². The minimum atomic E-state index is -0.890. The lowest BCUT2D eigenvalue weighted by Gasteiger charge is -2.14. The van der Waals surface area contributed by atoms with Crippen molar-refractivity contribution in [3.8, 4) is 6.07 Å². The first-order chi connectivity index (χ1) is 6.51. The van der Waals surface area contributed by atoms with Crippen LogP contribution in [0.3, 0.4) is 0 Å². The predicted molar refractivity (Wildman–Crippen MR) is 54.3 cm³/mol. The van der Waals surface area contributed by atoms with E-state index >= 15 is 0 Å². The fourth-order valence-electron chi connectivity index (χ4n) is 1.51. The van der Waals surface area contributed by atoms with Crippen LogP contribution in [-0.4, -0.2) is 11.9 Å². The lowest BCUT2D eigenvalue weighted by molar-refractivity contribution is -0.127. The molecule has 1 fully saturated rings. The van der Waals surface area contributed by atoms with Gasteiger partial charge in [0.05, 0.1) is 6.07 Å². The molecule has 1 amide bonds. The van der Waals surface area contributed by atoms with Crippen LogP contribution in [0.4, 0.5) is 0 Å². The Morgan fingerprint density at radius 1 is 1.64 bits per heavy atom. The first-order valence-corrected chi connectivity index (χ1v) is 5.23. The summed E-state index contributed by atoms with van der Waals surface area (Å²) in [6.07, 6.45) is 3.43. The lowest BCUT2D eigenvalue weighted by Crippen LogP contribution is -2.37. The van der Waals surface area contributed by atoms with Gasteiger partial charge in [-0.15, -0.1) is 0 Å². The maximum absolute atomic E-state index is 11.6. The second-order valence-corrected chi connectivity index (χ2v) is 4.60. The summed E-state index contributed by atoms with van der Waals surface area (Å²) in [6.45, 7) is 5.45. The van der Waals surface area contributed by atoms with Crippen LogP contribution in [0.25, 0.3) is 0 Å². The van der Waals surface area contributed by atoms with Crippen LogP contribution >= 0.6 is 0 Å². The third-order valence-corrected chi connectivity index (χ3v) is 2.75. The summed E-state index contributed by atoms with van der Waals surface area (Å²) in [5.74, 6) is 0.516. The van der Waals surface area contributed by atoms with Crippen molar-refractivity contribution < 1.29 is 4.79 Å². The number of hydrogen-bond donors (Lipinski definition) is 1. The van der Waals surface area contributed by atoms with Crippen molar-refractivity contribution in [2.45, 2.75) is 46.1 Å². The van der Waals surface area contributed by atoms with Gasteiger partial charge < -0.3 is 5.32 Å². The maximum Gasteiger partial charge on any atom is 0.240 e. The summed E-state index contributed by atoms with van der Waals surface area (Å²) in [5.41, 5.74) is -0.890. The topological polar surface area (TPSA) is 52.9 Å². The van der Waals surface area contributed by atoms with Gasteiger partial charge in [0, 0.05) is 6.04 Å². The molecule has 0 saturated heterocycles. The summed E-state index contributed by atoms with van der Waals surface area (Å²) in [6, 6.07) is 2.34. The van der Waals surface area contributed by atoms with Crippen molar-refractivity contribution in [1.29, 1.82) is 5.26 Å². The molecule has 0 bridgehead atoms. The van der Waals surface area contributed by atoms with Gasteiger partial charge in [0.1, 0.15) is 5.41 Å². The second kappa shape index (κ2) is 4.00. The summed E-state index contributed by atoms with van der Waals surface area (Å²) in [4.78, 5) is 11.6. The number of hydrogen-bond acceptors (Lipinski definition) is 2. The SMILES string of the molecule is CCCC1CC1NC(=O)C(C)(C)C#N. The number of carbonyl (C=O) groups is 1. The Balaban J connectivity index is 2.34. The molecule has 0 radical (unpaired) electrons. The highest BCUT2D eigenvalue weighted by Crippen LogP contribution is 2.35. The molecule has 1 aliphatic carbocycles. The fraction of sp³-hybridized carbons (Fsp3) is 0.818. The minimum Gasteiger partial charge on any atom is -0.352 e. The largest absolute Gasteiger partial charge is 0.352 e.